The fourth-order valence-corrected chi connectivity index (χ4v) is 3.80. The molecule has 164 valence electrons. The summed E-state index contributed by atoms with van der Waals surface area (Å²) in [7, 11) is 1.79. The first-order valence-electron chi connectivity index (χ1n) is 10.6. The van der Waals surface area contributed by atoms with Gasteiger partial charge in [-0.05, 0) is 49.2 Å². The maximum atomic E-state index is 12.8. The molecule has 0 atom stereocenters. The molecule has 0 bridgehead atoms. The maximum Gasteiger partial charge on any atom is 0.255 e. The number of aromatic nitrogens is 3. The monoisotopic (exact) mass is 448 g/mol. The molecule has 2 heterocycles. The Bertz CT molecular complexity index is 1190. The molecule has 0 spiro atoms. The lowest BCUT2D eigenvalue weighted by Crippen LogP contribution is -2.28. The van der Waals surface area contributed by atoms with Crippen LogP contribution in [-0.2, 0) is 13.1 Å². The molecule has 32 heavy (non-hydrogen) atoms. The number of carbonyl (C=O) groups excluding carboxylic acids is 1. The molecule has 4 rings (SSSR count). The number of hydrogen-bond donors (Lipinski definition) is 0. The molecule has 7 heteroatoms. The van der Waals surface area contributed by atoms with E-state index in [1.807, 2.05) is 42.5 Å². The van der Waals surface area contributed by atoms with Crippen molar-refractivity contribution < 1.29 is 9.53 Å². The highest BCUT2D eigenvalue weighted by Gasteiger charge is 2.17. The van der Waals surface area contributed by atoms with Crippen LogP contribution in [0.15, 0.2) is 73.1 Å². The smallest absolute Gasteiger partial charge is 0.255 e. The van der Waals surface area contributed by atoms with Gasteiger partial charge in [-0.15, -0.1) is 0 Å². The van der Waals surface area contributed by atoms with Crippen LogP contribution in [0.25, 0.3) is 11.0 Å². The van der Waals surface area contributed by atoms with Crippen LogP contribution in [0.2, 0.25) is 5.02 Å². The van der Waals surface area contributed by atoms with Crippen molar-refractivity contribution in [1.29, 1.82) is 0 Å². The summed E-state index contributed by atoms with van der Waals surface area (Å²) < 4.78 is 8.00. The normalized spacial score (nSPS) is 10.9. The highest BCUT2D eigenvalue weighted by Crippen LogP contribution is 2.23. The van der Waals surface area contributed by atoms with E-state index in [0.29, 0.717) is 29.5 Å². The number of para-hydroxylation sites is 3. The van der Waals surface area contributed by atoms with Crippen molar-refractivity contribution >= 4 is 28.5 Å². The molecular formula is C25H25ClN4O2. The summed E-state index contributed by atoms with van der Waals surface area (Å²) in [6.45, 7) is 1.79. The summed E-state index contributed by atoms with van der Waals surface area (Å²) >= 11 is 6.15. The molecule has 0 unspecified atom stereocenters. The van der Waals surface area contributed by atoms with Gasteiger partial charge in [0.2, 0.25) is 0 Å². The van der Waals surface area contributed by atoms with Gasteiger partial charge >= 0.3 is 0 Å². The fourth-order valence-electron chi connectivity index (χ4n) is 3.61. The molecular weight excluding hydrogens is 424 g/mol. The van der Waals surface area contributed by atoms with Gasteiger partial charge < -0.3 is 14.2 Å². The first kappa shape index (κ1) is 21.8. The third-order valence-electron chi connectivity index (χ3n) is 5.24. The van der Waals surface area contributed by atoms with Crippen molar-refractivity contribution in [2.45, 2.75) is 25.9 Å². The summed E-state index contributed by atoms with van der Waals surface area (Å²) in [6.07, 6.45) is 5.03. The predicted octanol–water partition coefficient (Wildman–Crippen LogP) is 5.22. The molecule has 0 aliphatic rings. The van der Waals surface area contributed by atoms with E-state index < -0.39 is 0 Å². The van der Waals surface area contributed by atoms with Gasteiger partial charge in [-0.25, -0.2) is 4.98 Å². The van der Waals surface area contributed by atoms with Gasteiger partial charge in [0.15, 0.2) is 0 Å². The average Bonchev–Trinajstić information content (AvgIpc) is 3.17. The molecule has 2 aromatic heterocycles. The Labute approximate surface area is 192 Å². The van der Waals surface area contributed by atoms with E-state index in [2.05, 4.69) is 15.6 Å². The lowest BCUT2D eigenvalue weighted by atomic mass is 10.2. The number of nitrogens with zero attached hydrogens (tertiary/aromatic N) is 4. The molecule has 0 saturated heterocycles. The van der Waals surface area contributed by atoms with Crippen LogP contribution < -0.4 is 4.74 Å². The summed E-state index contributed by atoms with van der Waals surface area (Å²) in [6, 6.07) is 19.1. The molecule has 2 aromatic carbocycles. The van der Waals surface area contributed by atoms with Gasteiger partial charge in [0.05, 0.1) is 34.8 Å². The average molecular weight is 449 g/mol. The molecule has 0 aliphatic heterocycles. The minimum Gasteiger partial charge on any atom is -0.492 e. The fraction of sp³-hybridized carbons (Fsp3) is 0.240. The zero-order valence-electron chi connectivity index (χ0n) is 17.9. The van der Waals surface area contributed by atoms with E-state index in [0.717, 1.165) is 36.2 Å². The number of carbonyl (C=O) groups is 1. The van der Waals surface area contributed by atoms with E-state index in [1.165, 1.54) is 0 Å². The number of pyridine rings is 1. The quantitative estimate of drug-likeness (QED) is 0.329. The Morgan fingerprint density at radius 2 is 1.88 bits per heavy atom. The number of imidazole rings is 1. The summed E-state index contributed by atoms with van der Waals surface area (Å²) in [5.74, 6) is 1.49. The van der Waals surface area contributed by atoms with Gasteiger partial charge in [0.25, 0.3) is 5.91 Å². The zero-order chi connectivity index (χ0) is 22.3. The standard InChI is InChI=1S/C25H25ClN4O2/c1-29(25(31)19-9-8-14-27-17-19)18-24-28-21-11-3-4-12-22(21)30(24)15-6-7-16-32-23-13-5-2-10-20(23)26/h2-5,8-14,17H,6-7,15-16,18H2,1H3. The van der Waals surface area contributed by atoms with Crippen molar-refractivity contribution in [3.8, 4) is 5.75 Å². The van der Waals surface area contributed by atoms with Crippen LogP contribution in [0.4, 0.5) is 0 Å². The van der Waals surface area contributed by atoms with Crippen molar-refractivity contribution in [3.05, 3.63) is 89.5 Å². The van der Waals surface area contributed by atoms with Gasteiger partial charge in [-0.1, -0.05) is 35.9 Å². The number of hydrogen-bond acceptors (Lipinski definition) is 4. The van der Waals surface area contributed by atoms with Gasteiger partial charge in [-0.3, -0.25) is 9.78 Å². The SMILES string of the molecule is CN(Cc1nc2ccccc2n1CCCCOc1ccccc1Cl)C(=O)c1cccnc1. The number of aryl methyl sites for hydroxylation is 1. The van der Waals surface area contributed by atoms with Crippen molar-refractivity contribution in [2.75, 3.05) is 13.7 Å². The largest absolute Gasteiger partial charge is 0.492 e. The number of fused-ring (bicyclic) bond motifs is 1. The predicted molar refractivity (Wildman–Crippen MR) is 126 cm³/mol. The van der Waals surface area contributed by atoms with Crippen molar-refractivity contribution in [2.24, 2.45) is 0 Å². The van der Waals surface area contributed by atoms with E-state index in [1.54, 1.807) is 36.5 Å². The van der Waals surface area contributed by atoms with E-state index in [4.69, 9.17) is 21.3 Å². The van der Waals surface area contributed by atoms with Crippen LogP contribution in [0.1, 0.15) is 29.0 Å². The number of ether oxygens (including phenoxy) is 1. The molecule has 6 nitrogen and oxygen atoms in total. The molecule has 0 saturated carbocycles. The lowest BCUT2D eigenvalue weighted by Gasteiger charge is -2.18. The van der Waals surface area contributed by atoms with Crippen LogP contribution in [-0.4, -0.2) is 39.0 Å². The molecule has 0 aliphatic carbocycles. The Morgan fingerprint density at radius 3 is 2.69 bits per heavy atom. The number of unbranched alkanes of at least 4 members (excludes halogenated alkanes) is 1. The third kappa shape index (κ3) is 5.08. The molecule has 4 aromatic rings. The second kappa shape index (κ2) is 10.3. The van der Waals surface area contributed by atoms with Gasteiger partial charge in [-0.2, -0.15) is 0 Å². The Kier molecular flexibility index (Phi) is 7.02. The van der Waals surface area contributed by atoms with E-state index in [9.17, 15) is 4.79 Å². The van der Waals surface area contributed by atoms with Crippen molar-refractivity contribution in [1.82, 2.24) is 19.4 Å². The summed E-state index contributed by atoms with van der Waals surface area (Å²) in [5, 5.41) is 0.622. The molecule has 0 fully saturated rings. The third-order valence-corrected chi connectivity index (χ3v) is 5.55. The lowest BCUT2D eigenvalue weighted by molar-refractivity contribution is 0.0779. The minimum absolute atomic E-state index is 0.0788. The van der Waals surface area contributed by atoms with Gasteiger partial charge in [0, 0.05) is 26.0 Å². The Morgan fingerprint density at radius 1 is 1.06 bits per heavy atom. The number of rotatable bonds is 9. The molecule has 0 N–H and O–H groups in total. The second-order valence-corrected chi connectivity index (χ2v) is 7.96. The maximum absolute atomic E-state index is 12.8. The van der Waals surface area contributed by atoms with Crippen molar-refractivity contribution in [3.63, 3.8) is 0 Å². The number of halogens is 1. The first-order chi connectivity index (χ1) is 15.6. The summed E-state index contributed by atoms with van der Waals surface area (Å²) in [4.78, 5) is 23.3. The van der Waals surface area contributed by atoms with E-state index in [-0.39, 0.29) is 5.91 Å². The van der Waals surface area contributed by atoms with E-state index >= 15 is 0 Å². The second-order valence-electron chi connectivity index (χ2n) is 7.56. The molecule has 0 radical (unpaired) electrons. The van der Waals surface area contributed by atoms with Gasteiger partial charge in [0.1, 0.15) is 11.6 Å². The topological polar surface area (TPSA) is 60.2 Å². The van der Waals surface area contributed by atoms with Crippen LogP contribution in [0.3, 0.4) is 0 Å². The van der Waals surface area contributed by atoms with Crippen LogP contribution in [0, 0.1) is 0 Å². The number of amides is 1. The minimum atomic E-state index is -0.0788. The number of benzene rings is 2. The molecule has 1 amide bonds. The highest BCUT2D eigenvalue weighted by molar-refractivity contribution is 6.32. The Balaban J connectivity index is 1.42. The first-order valence-corrected chi connectivity index (χ1v) is 11.0. The highest BCUT2D eigenvalue weighted by atomic mass is 35.5. The zero-order valence-corrected chi connectivity index (χ0v) is 18.7. The van der Waals surface area contributed by atoms with Crippen LogP contribution >= 0.6 is 11.6 Å². The Hall–Kier alpha value is -3.38. The summed E-state index contributed by atoms with van der Waals surface area (Å²) in [5.41, 5.74) is 2.56. The van der Waals surface area contributed by atoms with Crippen LogP contribution in [0.5, 0.6) is 5.75 Å².